The van der Waals surface area contributed by atoms with Crippen molar-refractivity contribution in [2.24, 2.45) is 0 Å². The molecule has 0 aliphatic carbocycles. The first-order valence-electron chi connectivity index (χ1n) is 6.84. The third-order valence-corrected chi connectivity index (χ3v) is 4.21. The number of hydrogen-bond acceptors (Lipinski definition) is 4. The van der Waals surface area contributed by atoms with E-state index >= 15 is 0 Å². The molecule has 0 aliphatic heterocycles. The Morgan fingerprint density at radius 1 is 1.29 bits per heavy atom. The lowest BCUT2D eigenvalue weighted by molar-refractivity contribution is -0.116. The highest BCUT2D eigenvalue weighted by Gasteiger charge is 2.06. The van der Waals surface area contributed by atoms with E-state index in [1.165, 1.54) is 4.90 Å². The van der Waals surface area contributed by atoms with Gasteiger partial charge in [-0.2, -0.15) is 0 Å². The van der Waals surface area contributed by atoms with Crippen molar-refractivity contribution >= 4 is 29.0 Å². The predicted octanol–water partition coefficient (Wildman–Crippen LogP) is 3.48. The number of carbonyl (C=O) groups is 1. The van der Waals surface area contributed by atoms with Crippen LogP contribution in [0.5, 0.6) is 0 Å². The Kier molecular flexibility index (Phi) is 5.63. The van der Waals surface area contributed by atoms with Crippen molar-refractivity contribution in [2.75, 3.05) is 16.8 Å². The number of hydrogen-bond donors (Lipinski definition) is 2. The van der Waals surface area contributed by atoms with Gasteiger partial charge in [0.25, 0.3) is 0 Å². The predicted molar refractivity (Wildman–Crippen MR) is 88.4 cm³/mol. The molecule has 0 saturated carbocycles. The quantitative estimate of drug-likeness (QED) is 0.487. The first-order chi connectivity index (χ1) is 10.2. The maximum absolute atomic E-state index is 11.9. The molecule has 0 atom stereocenters. The Hall–Kier alpha value is -2.01. The van der Waals surface area contributed by atoms with E-state index in [1.54, 1.807) is 24.2 Å². The number of nitrogens with zero attached hydrogens (tertiary/aromatic N) is 1. The number of anilines is 2. The standard InChI is InChI=1S/C16H19N3OS/c1-12-14(17)4-2-5-15(12)19-16(20)6-3-11-21-13-7-9-18-10-8-13/h2,4-5,7-10H,3,6,11,17H2,1H3,(H,19,20). The number of nitrogens with two attached hydrogens (primary N) is 1. The van der Waals surface area contributed by atoms with E-state index in [0.29, 0.717) is 12.1 Å². The van der Waals surface area contributed by atoms with Crippen LogP contribution in [0.2, 0.25) is 0 Å². The number of carbonyl (C=O) groups excluding carboxylic acids is 1. The molecule has 0 fully saturated rings. The van der Waals surface area contributed by atoms with Crippen LogP contribution in [-0.2, 0) is 4.79 Å². The Labute approximate surface area is 129 Å². The Balaban J connectivity index is 1.74. The third-order valence-electron chi connectivity index (χ3n) is 3.12. The number of thioether (sulfide) groups is 1. The van der Waals surface area contributed by atoms with E-state index < -0.39 is 0 Å². The lowest BCUT2D eigenvalue weighted by Crippen LogP contribution is -2.12. The molecule has 2 aromatic rings. The fraction of sp³-hybridized carbons (Fsp3) is 0.250. The second-order valence-corrected chi connectivity index (χ2v) is 5.87. The first-order valence-corrected chi connectivity index (χ1v) is 7.83. The minimum Gasteiger partial charge on any atom is -0.398 e. The van der Waals surface area contributed by atoms with Crippen LogP contribution in [0, 0.1) is 6.92 Å². The van der Waals surface area contributed by atoms with Gasteiger partial charge in [0.15, 0.2) is 0 Å². The van der Waals surface area contributed by atoms with Gasteiger partial charge >= 0.3 is 0 Å². The monoisotopic (exact) mass is 301 g/mol. The summed E-state index contributed by atoms with van der Waals surface area (Å²) in [6.07, 6.45) is 4.89. The number of nitrogen functional groups attached to an aromatic ring is 1. The third kappa shape index (κ3) is 4.79. The number of rotatable bonds is 6. The van der Waals surface area contributed by atoms with Gasteiger partial charge in [-0.1, -0.05) is 6.07 Å². The van der Waals surface area contributed by atoms with E-state index in [2.05, 4.69) is 10.3 Å². The molecular weight excluding hydrogens is 282 g/mol. The lowest BCUT2D eigenvalue weighted by atomic mass is 10.1. The molecule has 1 heterocycles. The van der Waals surface area contributed by atoms with Crippen molar-refractivity contribution in [3.63, 3.8) is 0 Å². The highest BCUT2D eigenvalue weighted by atomic mass is 32.2. The molecule has 0 radical (unpaired) electrons. The summed E-state index contributed by atoms with van der Waals surface area (Å²) >= 11 is 1.73. The maximum atomic E-state index is 11.9. The largest absolute Gasteiger partial charge is 0.398 e. The molecule has 0 saturated heterocycles. The molecule has 0 bridgehead atoms. The second kappa shape index (κ2) is 7.69. The molecule has 1 amide bonds. The van der Waals surface area contributed by atoms with Gasteiger partial charge in [0.1, 0.15) is 0 Å². The van der Waals surface area contributed by atoms with Crippen LogP contribution in [0.15, 0.2) is 47.6 Å². The average Bonchev–Trinajstić information content (AvgIpc) is 2.49. The molecule has 1 aromatic carbocycles. The van der Waals surface area contributed by atoms with Crippen LogP contribution < -0.4 is 11.1 Å². The van der Waals surface area contributed by atoms with Gasteiger partial charge in [0.05, 0.1) is 0 Å². The van der Waals surface area contributed by atoms with Gasteiger partial charge in [0.2, 0.25) is 5.91 Å². The zero-order valence-corrected chi connectivity index (χ0v) is 12.8. The summed E-state index contributed by atoms with van der Waals surface area (Å²) in [6, 6.07) is 9.49. The molecule has 3 N–H and O–H groups in total. The van der Waals surface area contributed by atoms with E-state index in [-0.39, 0.29) is 5.91 Å². The van der Waals surface area contributed by atoms with Gasteiger partial charge in [-0.15, -0.1) is 11.8 Å². The van der Waals surface area contributed by atoms with Gasteiger partial charge in [-0.25, -0.2) is 0 Å². The molecule has 4 nitrogen and oxygen atoms in total. The molecule has 1 aromatic heterocycles. The van der Waals surface area contributed by atoms with Crippen molar-refractivity contribution in [1.82, 2.24) is 4.98 Å². The Morgan fingerprint density at radius 2 is 2.05 bits per heavy atom. The van der Waals surface area contributed by atoms with Gasteiger partial charge in [-0.05, 0) is 48.9 Å². The van der Waals surface area contributed by atoms with E-state index in [0.717, 1.165) is 23.4 Å². The highest BCUT2D eigenvalue weighted by Crippen LogP contribution is 2.21. The summed E-state index contributed by atoms with van der Waals surface area (Å²) in [6.45, 7) is 1.91. The summed E-state index contributed by atoms with van der Waals surface area (Å²) in [7, 11) is 0. The van der Waals surface area contributed by atoms with Crippen LogP contribution in [0.3, 0.4) is 0 Å². The van der Waals surface area contributed by atoms with E-state index in [9.17, 15) is 4.79 Å². The van der Waals surface area contributed by atoms with Crippen LogP contribution >= 0.6 is 11.8 Å². The number of nitrogens with one attached hydrogen (secondary N) is 1. The zero-order valence-electron chi connectivity index (χ0n) is 12.0. The fourth-order valence-corrected chi connectivity index (χ4v) is 2.70. The summed E-state index contributed by atoms with van der Waals surface area (Å²) in [5.41, 5.74) is 8.23. The molecule has 2 rings (SSSR count). The summed E-state index contributed by atoms with van der Waals surface area (Å²) in [5.74, 6) is 0.937. The topological polar surface area (TPSA) is 68.0 Å². The molecule has 0 unspecified atom stereocenters. The van der Waals surface area contributed by atoms with Crippen molar-refractivity contribution in [3.8, 4) is 0 Å². The van der Waals surface area contributed by atoms with Gasteiger partial charge < -0.3 is 11.1 Å². The number of pyridine rings is 1. The molecular formula is C16H19N3OS. The van der Waals surface area contributed by atoms with Crippen LogP contribution in [-0.4, -0.2) is 16.6 Å². The minimum absolute atomic E-state index is 0.0269. The smallest absolute Gasteiger partial charge is 0.224 e. The molecule has 21 heavy (non-hydrogen) atoms. The number of amides is 1. The van der Waals surface area contributed by atoms with Gasteiger partial charge in [-0.3, -0.25) is 9.78 Å². The molecule has 110 valence electrons. The summed E-state index contributed by atoms with van der Waals surface area (Å²) < 4.78 is 0. The van der Waals surface area contributed by atoms with Crippen LogP contribution in [0.25, 0.3) is 0 Å². The van der Waals surface area contributed by atoms with Crippen molar-refractivity contribution in [1.29, 1.82) is 0 Å². The first kappa shape index (κ1) is 15.4. The Morgan fingerprint density at radius 3 is 2.81 bits per heavy atom. The Bertz CT molecular complexity index is 602. The molecule has 5 heteroatoms. The number of benzene rings is 1. The zero-order chi connectivity index (χ0) is 15.1. The summed E-state index contributed by atoms with van der Waals surface area (Å²) in [5, 5.41) is 2.91. The van der Waals surface area contributed by atoms with E-state index in [1.807, 2.05) is 37.3 Å². The van der Waals surface area contributed by atoms with Crippen molar-refractivity contribution in [3.05, 3.63) is 48.3 Å². The molecule has 0 aliphatic rings. The SMILES string of the molecule is Cc1c(N)cccc1NC(=O)CCCSc1ccncc1. The van der Waals surface area contributed by atoms with Crippen LogP contribution in [0.4, 0.5) is 11.4 Å². The molecule has 0 spiro atoms. The minimum atomic E-state index is 0.0269. The lowest BCUT2D eigenvalue weighted by Gasteiger charge is -2.10. The van der Waals surface area contributed by atoms with Gasteiger partial charge in [0, 0.05) is 35.1 Å². The average molecular weight is 301 g/mol. The highest BCUT2D eigenvalue weighted by molar-refractivity contribution is 7.99. The number of aromatic nitrogens is 1. The fourth-order valence-electron chi connectivity index (χ4n) is 1.86. The van der Waals surface area contributed by atoms with Crippen molar-refractivity contribution in [2.45, 2.75) is 24.7 Å². The van der Waals surface area contributed by atoms with E-state index in [4.69, 9.17) is 5.73 Å². The van der Waals surface area contributed by atoms with Crippen LogP contribution in [0.1, 0.15) is 18.4 Å². The normalized spacial score (nSPS) is 10.3. The summed E-state index contributed by atoms with van der Waals surface area (Å²) in [4.78, 5) is 17.1. The maximum Gasteiger partial charge on any atom is 0.224 e. The van der Waals surface area contributed by atoms with Crippen molar-refractivity contribution < 1.29 is 4.79 Å². The second-order valence-electron chi connectivity index (χ2n) is 4.70.